The minimum absolute atomic E-state index is 0.129. The quantitative estimate of drug-likeness (QED) is 0.337. The van der Waals surface area contributed by atoms with E-state index in [9.17, 15) is 22.4 Å². The number of nitrogens with one attached hydrogen (secondary N) is 1. The Hall–Kier alpha value is -4.16. The van der Waals surface area contributed by atoms with Gasteiger partial charge in [0.05, 0.1) is 22.0 Å². The maximum atomic E-state index is 13.5. The molecule has 170 valence electrons. The minimum Gasteiger partial charge on any atom is -0.322 e. The maximum absolute atomic E-state index is 13.5. The third-order valence-electron chi connectivity index (χ3n) is 4.87. The number of amides is 1. The number of nitrogens with zero attached hydrogens (tertiary/aromatic N) is 3. The van der Waals surface area contributed by atoms with Gasteiger partial charge in [0.2, 0.25) is 0 Å². The Morgan fingerprint density at radius 2 is 1.74 bits per heavy atom. The van der Waals surface area contributed by atoms with Crippen LogP contribution in [0.15, 0.2) is 72.8 Å². The molecular formula is C24H13ClF4N4O. The molecule has 1 amide bonds. The van der Waals surface area contributed by atoms with E-state index in [1.54, 1.807) is 24.3 Å². The number of benzene rings is 3. The Labute approximate surface area is 195 Å². The number of aromatic nitrogens is 2. The summed E-state index contributed by atoms with van der Waals surface area (Å²) in [5.41, 5.74) is -0.126. The Kier molecular flexibility index (Phi) is 6.09. The van der Waals surface area contributed by atoms with Crippen molar-refractivity contribution in [3.8, 4) is 23.0 Å². The Morgan fingerprint density at radius 3 is 2.38 bits per heavy atom. The van der Waals surface area contributed by atoms with Crippen LogP contribution in [0, 0.1) is 17.1 Å². The first-order chi connectivity index (χ1) is 16.2. The molecule has 4 aromatic rings. The zero-order valence-electron chi connectivity index (χ0n) is 17.1. The van der Waals surface area contributed by atoms with E-state index in [1.807, 2.05) is 0 Å². The summed E-state index contributed by atoms with van der Waals surface area (Å²) < 4.78 is 54.7. The zero-order chi connectivity index (χ0) is 24.5. The van der Waals surface area contributed by atoms with Gasteiger partial charge in [-0.15, -0.1) is 0 Å². The molecule has 1 aromatic heterocycles. The van der Waals surface area contributed by atoms with Crippen molar-refractivity contribution in [3.05, 3.63) is 100 Å². The average Bonchev–Trinajstić information content (AvgIpc) is 3.26. The SMILES string of the molecule is N#Cc1cc(NC(=O)c2ccc(-c3cc(C(F)(F)F)nn3-c3ccccc3Cl)cc2)ccc1F. The first-order valence-electron chi connectivity index (χ1n) is 9.71. The van der Waals surface area contributed by atoms with Gasteiger partial charge in [0.15, 0.2) is 5.69 Å². The number of hydrogen-bond acceptors (Lipinski definition) is 3. The summed E-state index contributed by atoms with van der Waals surface area (Å²) in [4.78, 5) is 12.5. The van der Waals surface area contributed by atoms with Crippen LogP contribution in [0.3, 0.4) is 0 Å². The van der Waals surface area contributed by atoms with Gasteiger partial charge >= 0.3 is 6.18 Å². The van der Waals surface area contributed by atoms with E-state index < -0.39 is 23.6 Å². The van der Waals surface area contributed by atoms with Crippen molar-refractivity contribution in [1.82, 2.24) is 9.78 Å². The number of alkyl halides is 3. The molecule has 0 aliphatic rings. The molecular weight excluding hydrogens is 472 g/mol. The van der Waals surface area contributed by atoms with Crippen molar-refractivity contribution in [1.29, 1.82) is 5.26 Å². The number of para-hydroxylation sites is 1. The number of hydrogen-bond donors (Lipinski definition) is 1. The van der Waals surface area contributed by atoms with Gasteiger partial charge in [-0.2, -0.15) is 23.5 Å². The lowest BCUT2D eigenvalue weighted by Crippen LogP contribution is -2.12. The van der Waals surface area contributed by atoms with Crippen molar-refractivity contribution in [3.63, 3.8) is 0 Å². The van der Waals surface area contributed by atoms with E-state index in [0.717, 1.165) is 16.8 Å². The summed E-state index contributed by atoms with van der Waals surface area (Å²) in [5, 5.41) is 15.4. The summed E-state index contributed by atoms with van der Waals surface area (Å²) in [6, 6.07) is 18.3. The Bertz CT molecular complexity index is 1420. The Balaban J connectivity index is 1.66. The lowest BCUT2D eigenvalue weighted by atomic mass is 10.1. The summed E-state index contributed by atoms with van der Waals surface area (Å²) in [7, 11) is 0. The zero-order valence-corrected chi connectivity index (χ0v) is 17.8. The molecule has 0 bridgehead atoms. The summed E-state index contributed by atoms with van der Waals surface area (Å²) in [5.74, 6) is -1.25. The van der Waals surface area contributed by atoms with Gasteiger partial charge in [-0.05, 0) is 48.5 Å². The van der Waals surface area contributed by atoms with E-state index in [4.69, 9.17) is 16.9 Å². The molecule has 0 aliphatic heterocycles. The molecule has 0 saturated heterocycles. The topological polar surface area (TPSA) is 70.7 Å². The van der Waals surface area contributed by atoms with Gasteiger partial charge in [-0.25, -0.2) is 9.07 Å². The second-order valence-corrected chi connectivity index (χ2v) is 7.52. The molecule has 0 aliphatic carbocycles. The fourth-order valence-electron chi connectivity index (χ4n) is 3.22. The van der Waals surface area contributed by atoms with Crippen molar-refractivity contribution in [2.24, 2.45) is 0 Å². The van der Waals surface area contributed by atoms with Gasteiger partial charge in [0.1, 0.15) is 11.9 Å². The molecule has 0 unspecified atom stereocenters. The van der Waals surface area contributed by atoms with Crippen LogP contribution in [0.25, 0.3) is 16.9 Å². The van der Waals surface area contributed by atoms with Crippen LogP contribution in [-0.4, -0.2) is 15.7 Å². The van der Waals surface area contributed by atoms with Crippen molar-refractivity contribution >= 4 is 23.2 Å². The predicted molar refractivity (Wildman–Crippen MR) is 118 cm³/mol. The maximum Gasteiger partial charge on any atom is 0.435 e. The fourth-order valence-corrected chi connectivity index (χ4v) is 3.43. The van der Waals surface area contributed by atoms with Crippen molar-refractivity contribution in [2.75, 3.05) is 5.32 Å². The molecule has 0 atom stereocenters. The fraction of sp³-hybridized carbons (Fsp3) is 0.0417. The molecule has 10 heteroatoms. The van der Waals surface area contributed by atoms with E-state index in [-0.39, 0.29) is 33.2 Å². The van der Waals surface area contributed by atoms with Crippen molar-refractivity contribution < 1.29 is 22.4 Å². The molecule has 1 N–H and O–H groups in total. The van der Waals surface area contributed by atoms with E-state index in [0.29, 0.717) is 5.56 Å². The van der Waals surface area contributed by atoms with E-state index >= 15 is 0 Å². The average molecular weight is 485 g/mol. The molecule has 0 spiro atoms. The molecule has 5 nitrogen and oxygen atoms in total. The van der Waals surface area contributed by atoms with Gasteiger partial charge in [0, 0.05) is 16.8 Å². The number of anilines is 1. The highest BCUT2D eigenvalue weighted by Crippen LogP contribution is 2.34. The summed E-state index contributed by atoms with van der Waals surface area (Å²) in [6.45, 7) is 0. The molecule has 34 heavy (non-hydrogen) atoms. The number of carbonyl (C=O) groups excluding carboxylic acids is 1. The number of rotatable bonds is 4. The molecule has 1 heterocycles. The van der Waals surface area contributed by atoms with Crippen LogP contribution in [0.1, 0.15) is 21.6 Å². The second-order valence-electron chi connectivity index (χ2n) is 7.11. The van der Waals surface area contributed by atoms with Crippen LogP contribution in [0.4, 0.5) is 23.2 Å². The lowest BCUT2D eigenvalue weighted by molar-refractivity contribution is -0.141. The van der Waals surface area contributed by atoms with Crippen LogP contribution in [0.5, 0.6) is 0 Å². The van der Waals surface area contributed by atoms with Crippen LogP contribution >= 0.6 is 11.6 Å². The second kappa shape index (κ2) is 9.00. The highest BCUT2D eigenvalue weighted by atomic mass is 35.5. The smallest absolute Gasteiger partial charge is 0.322 e. The third-order valence-corrected chi connectivity index (χ3v) is 5.19. The lowest BCUT2D eigenvalue weighted by Gasteiger charge is -2.10. The third kappa shape index (κ3) is 4.63. The highest BCUT2D eigenvalue weighted by Gasteiger charge is 2.35. The summed E-state index contributed by atoms with van der Waals surface area (Å²) in [6.07, 6.45) is -4.67. The normalized spacial score (nSPS) is 11.2. The van der Waals surface area contributed by atoms with Crippen LogP contribution in [0.2, 0.25) is 5.02 Å². The molecule has 3 aromatic carbocycles. The number of carbonyl (C=O) groups is 1. The largest absolute Gasteiger partial charge is 0.435 e. The monoisotopic (exact) mass is 484 g/mol. The van der Waals surface area contributed by atoms with E-state index in [1.165, 1.54) is 42.5 Å². The standard InChI is InChI=1S/C24H13ClF4N4O/c25-18-3-1-2-4-20(18)33-21(12-22(32-33)24(27,28)29)14-5-7-15(8-6-14)23(34)31-17-9-10-19(26)16(11-17)13-30/h1-12H,(H,31,34). The van der Waals surface area contributed by atoms with Gasteiger partial charge in [-0.1, -0.05) is 35.9 Å². The first kappa shape index (κ1) is 23.0. The number of halogens is 5. The van der Waals surface area contributed by atoms with Gasteiger partial charge in [0.25, 0.3) is 5.91 Å². The van der Waals surface area contributed by atoms with Gasteiger partial charge < -0.3 is 5.32 Å². The molecule has 0 radical (unpaired) electrons. The molecule has 4 rings (SSSR count). The molecule has 0 saturated carbocycles. The highest BCUT2D eigenvalue weighted by molar-refractivity contribution is 6.32. The number of nitriles is 1. The van der Waals surface area contributed by atoms with Crippen LogP contribution in [-0.2, 0) is 6.18 Å². The molecule has 0 fully saturated rings. The van der Waals surface area contributed by atoms with E-state index in [2.05, 4.69) is 10.4 Å². The first-order valence-corrected chi connectivity index (χ1v) is 10.1. The summed E-state index contributed by atoms with van der Waals surface area (Å²) >= 11 is 6.18. The van der Waals surface area contributed by atoms with Crippen LogP contribution < -0.4 is 5.32 Å². The predicted octanol–water partition coefficient (Wildman–Crippen LogP) is 6.47. The van der Waals surface area contributed by atoms with Crippen molar-refractivity contribution in [2.45, 2.75) is 6.18 Å². The van der Waals surface area contributed by atoms with Gasteiger partial charge in [-0.3, -0.25) is 4.79 Å². The Morgan fingerprint density at radius 1 is 1.03 bits per heavy atom. The minimum atomic E-state index is -4.67.